The van der Waals surface area contributed by atoms with Gasteiger partial charge >= 0.3 is 0 Å². The molecular formula is C11H18N2. The van der Waals surface area contributed by atoms with E-state index in [9.17, 15) is 0 Å². The fourth-order valence-corrected chi connectivity index (χ4v) is 2.20. The molecule has 1 saturated carbocycles. The van der Waals surface area contributed by atoms with Crippen molar-refractivity contribution in [2.75, 3.05) is 0 Å². The Morgan fingerprint density at radius 3 is 2.77 bits per heavy atom. The standard InChI is InChI=1S/C11H18N2/c1-2-13-9-11(8-12-13)10-6-4-3-5-7-10/h8-10H,2-7H2,1H3. The highest BCUT2D eigenvalue weighted by molar-refractivity contribution is 5.11. The predicted octanol–water partition coefficient (Wildman–Crippen LogP) is 2.95. The molecule has 0 N–H and O–H groups in total. The second kappa shape index (κ2) is 3.95. The van der Waals surface area contributed by atoms with E-state index < -0.39 is 0 Å². The van der Waals surface area contributed by atoms with Gasteiger partial charge in [0.25, 0.3) is 0 Å². The summed E-state index contributed by atoms with van der Waals surface area (Å²) in [6.45, 7) is 3.13. The lowest BCUT2D eigenvalue weighted by Crippen LogP contribution is -2.03. The van der Waals surface area contributed by atoms with Gasteiger partial charge in [-0.25, -0.2) is 0 Å². The summed E-state index contributed by atoms with van der Waals surface area (Å²) in [5.41, 5.74) is 1.46. The maximum Gasteiger partial charge on any atom is 0.0524 e. The molecule has 2 heteroatoms. The lowest BCUT2D eigenvalue weighted by molar-refractivity contribution is 0.443. The Hall–Kier alpha value is -0.790. The van der Waals surface area contributed by atoms with Gasteiger partial charge in [0.15, 0.2) is 0 Å². The molecule has 0 radical (unpaired) electrons. The molecule has 1 aliphatic carbocycles. The molecule has 0 atom stereocenters. The summed E-state index contributed by atoms with van der Waals surface area (Å²) in [5, 5.41) is 4.33. The number of aromatic nitrogens is 2. The summed E-state index contributed by atoms with van der Waals surface area (Å²) in [7, 11) is 0. The molecule has 2 rings (SSSR count). The van der Waals surface area contributed by atoms with Crippen LogP contribution in [0.2, 0.25) is 0 Å². The van der Waals surface area contributed by atoms with Crippen LogP contribution in [0.3, 0.4) is 0 Å². The third-order valence-corrected chi connectivity index (χ3v) is 3.05. The van der Waals surface area contributed by atoms with Gasteiger partial charge in [0.2, 0.25) is 0 Å². The number of aryl methyl sites for hydroxylation is 1. The van der Waals surface area contributed by atoms with Crippen molar-refractivity contribution in [3.63, 3.8) is 0 Å². The maximum absolute atomic E-state index is 4.33. The number of hydrogen-bond acceptors (Lipinski definition) is 1. The molecule has 1 aliphatic rings. The molecule has 1 fully saturated rings. The zero-order chi connectivity index (χ0) is 9.10. The molecule has 0 bridgehead atoms. The highest BCUT2D eigenvalue weighted by Crippen LogP contribution is 2.31. The smallest absolute Gasteiger partial charge is 0.0524 e. The first-order valence-electron chi connectivity index (χ1n) is 5.42. The van der Waals surface area contributed by atoms with Crippen LogP contribution in [-0.2, 0) is 6.54 Å². The van der Waals surface area contributed by atoms with Crippen molar-refractivity contribution in [3.8, 4) is 0 Å². The van der Waals surface area contributed by atoms with Gasteiger partial charge in [-0.2, -0.15) is 5.10 Å². The largest absolute Gasteiger partial charge is 0.273 e. The normalized spacial score (nSPS) is 19.2. The molecule has 1 aromatic rings. The van der Waals surface area contributed by atoms with Crippen LogP contribution in [0.1, 0.15) is 50.5 Å². The molecule has 0 unspecified atom stereocenters. The first-order chi connectivity index (χ1) is 6.40. The molecular weight excluding hydrogens is 160 g/mol. The number of hydrogen-bond donors (Lipinski definition) is 0. The zero-order valence-electron chi connectivity index (χ0n) is 8.37. The summed E-state index contributed by atoms with van der Waals surface area (Å²) in [4.78, 5) is 0. The third-order valence-electron chi connectivity index (χ3n) is 3.05. The maximum atomic E-state index is 4.33. The van der Waals surface area contributed by atoms with Gasteiger partial charge in [0.05, 0.1) is 6.20 Å². The molecule has 2 nitrogen and oxygen atoms in total. The van der Waals surface area contributed by atoms with Crippen LogP contribution in [0, 0.1) is 0 Å². The van der Waals surface area contributed by atoms with Gasteiger partial charge in [-0.1, -0.05) is 19.3 Å². The third kappa shape index (κ3) is 1.93. The molecule has 0 amide bonds. The average molecular weight is 178 g/mol. The van der Waals surface area contributed by atoms with Gasteiger partial charge in [-0.3, -0.25) is 4.68 Å². The predicted molar refractivity (Wildman–Crippen MR) is 53.7 cm³/mol. The fraction of sp³-hybridized carbons (Fsp3) is 0.727. The molecule has 0 aliphatic heterocycles. The highest BCUT2D eigenvalue weighted by atomic mass is 15.3. The fourth-order valence-electron chi connectivity index (χ4n) is 2.20. The number of rotatable bonds is 2. The summed E-state index contributed by atoms with van der Waals surface area (Å²) in [5.74, 6) is 0.800. The van der Waals surface area contributed by atoms with E-state index in [0.29, 0.717) is 0 Å². The summed E-state index contributed by atoms with van der Waals surface area (Å²) >= 11 is 0. The van der Waals surface area contributed by atoms with Crippen LogP contribution in [0.25, 0.3) is 0 Å². The van der Waals surface area contributed by atoms with Gasteiger partial charge in [-0.15, -0.1) is 0 Å². The minimum Gasteiger partial charge on any atom is -0.273 e. The van der Waals surface area contributed by atoms with Crippen LogP contribution < -0.4 is 0 Å². The molecule has 1 heterocycles. The second-order valence-electron chi connectivity index (χ2n) is 3.96. The molecule has 1 aromatic heterocycles. The number of nitrogens with zero attached hydrogens (tertiary/aromatic N) is 2. The average Bonchev–Trinajstić information content (AvgIpc) is 2.67. The SMILES string of the molecule is CCn1cc(C2CCCCC2)cn1. The van der Waals surface area contributed by atoms with E-state index in [1.807, 2.05) is 4.68 Å². The summed E-state index contributed by atoms with van der Waals surface area (Å²) in [6.07, 6.45) is 11.3. The van der Waals surface area contributed by atoms with Gasteiger partial charge in [0, 0.05) is 12.7 Å². The Bertz CT molecular complexity index is 259. The zero-order valence-corrected chi connectivity index (χ0v) is 8.37. The Kier molecular flexibility index (Phi) is 2.67. The van der Waals surface area contributed by atoms with Crippen LogP contribution in [0.5, 0.6) is 0 Å². The molecule has 0 aromatic carbocycles. The lowest BCUT2D eigenvalue weighted by Gasteiger charge is -2.19. The van der Waals surface area contributed by atoms with Crippen molar-refractivity contribution in [1.29, 1.82) is 0 Å². The molecule has 0 saturated heterocycles. The van der Waals surface area contributed by atoms with E-state index >= 15 is 0 Å². The van der Waals surface area contributed by atoms with Gasteiger partial charge < -0.3 is 0 Å². The van der Waals surface area contributed by atoms with Crippen molar-refractivity contribution < 1.29 is 0 Å². The Morgan fingerprint density at radius 2 is 2.15 bits per heavy atom. The summed E-state index contributed by atoms with van der Waals surface area (Å²) in [6, 6.07) is 0. The van der Waals surface area contributed by atoms with Crippen molar-refractivity contribution in [3.05, 3.63) is 18.0 Å². The minimum atomic E-state index is 0.800. The van der Waals surface area contributed by atoms with Crippen molar-refractivity contribution >= 4 is 0 Å². The lowest BCUT2D eigenvalue weighted by atomic mass is 9.86. The highest BCUT2D eigenvalue weighted by Gasteiger charge is 2.16. The van der Waals surface area contributed by atoms with E-state index in [1.54, 1.807) is 0 Å². The first kappa shape index (κ1) is 8.79. The van der Waals surface area contributed by atoms with E-state index in [-0.39, 0.29) is 0 Å². The quantitative estimate of drug-likeness (QED) is 0.680. The molecule has 13 heavy (non-hydrogen) atoms. The monoisotopic (exact) mass is 178 g/mol. The van der Waals surface area contributed by atoms with Crippen LogP contribution in [-0.4, -0.2) is 9.78 Å². The molecule has 0 spiro atoms. The van der Waals surface area contributed by atoms with Crippen LogP contribution in [0.4, 0.5) is 0 Å². The van der Waals surface area contributed by atoms with E-state index in [2.05, 4.69) is 24.4 Å². The van der Waals surface area contributed by atoms with Gasteiger partial charge in [-0.05, 0) is 31.2 Å². The minimum absolute atomic E-state index is 0.800. The summed E-state index contributed by atoms with van der Waals surface area (Å²) < 4.78 is 2.03. The second-order valence-corrected chi connectivity index (χ2v) is 3.96. The van der Waals surface area contributed by atoms with Crippen LogP contribution >= 0.6 is 0 Å². The van der Waals surface area contributed by atoms with Crippen LogP contribution in [0.15, 0.2) is 12.4 Å². The van der Waals surface area contributed by atoms with E-state index in [1.165, 1.54) is 37.7 Å². The van der Waals surface area contributed by atoms with Crippen molar-refractivity contribution in [2.45, 2.75) is 51.5 Å². The molecule has 72 valence electrons. The topological polar surface area (TPSA) is 17.8 Å². The van der Waals surface area contributed by atoms with Crippen molar-refractivity contribution in [1.82, 2.24) is 9.78 Å². The Balaban J connectivity index is 2.05. The van der Waals surface area contributed by atoms with E-state index in [0.717, 1.165) is 12.5 Å². The van der Waals surface area contributed by atoms with Gasteiger partial charge in [0.1, 0.15) is 0 Å². The van der Waals surface area contributed by atoms with E-state index in [4.69, 9.17) is 0 Å². The van der Waals surface area contributed by atoms with Crippen molar-refractivity contribution in [2.24, 2.45) is 0 Å². The first-order valence-corrected chi connectivity index (χ1v) is 5.42. The Morgan fingerprint density at radius 1 is 1.38 bits per heavy atom. The Labute approximate surface area is 80.0 Å².